The van der Waals surface area contributed by atoms with Crippen LogP contribution in [0.15, 0.2) is 48.5 Å². The van der Waals surface area contributed by atoms with Crippen molar-refractivity contribution in [3.63, 3.8) is 0 Å². The minimum Gasteiger partial charge on any atom is -0.349 e. The van der Waals surface area contributed by atoms with Crippen LogP contribution in [0.25, 0.3) is 11.1 Å². The van der Waals surface area contributed by atoms with Crippen molar-refractivity contribution in [2.75, 3.05) is 0 Å². The van der Waals surface area contributed by atoms with E-state index in [2.05, 4.69) is 5.32 Å². The van der Waals surface area contributed by atoms with Gasteiger partial charge in [-0.15, -0.1) is 0 Å². The molecule has 3 rings (SSSR count). The molecule has 2 aromatic carbocycles. The lowest BCUT2D eigenvalue weighted by Gasteiger charge is -2.22. The molecule has 5 nitrogen and oxygen atoms in total. The first kappa shape index (κ1) is 17.2. The number of carbonyl (C=O) groups is 2. The molecular weight excluding hydrogens is 316 g/mol. The maximum atomic E-state index is 12.5. The van der Waals surface area contributed by atoms with E-state index >= 15 is 0 Å². The Morgan fingerprint density at radius 3 is 1.96 bits per heavy atom. The number of rotatable bonds is 4. The van der Waals surface area contributed by atoms with Gasteiger partial charge in [-0.05, 0) is 48.2 Å². The Morgan fingerprint density at radius 2 is 1.40 bits per heavy atom. The van der Waals surface area contributed by atoms with E-state index in [4.69, 9.17) is 5.21 Å². The van der Waals surface area contributed by atoms with Gasteiger partial charge in [-0.1, -0.05) is 43.5 Å². The monoisotopic (exact) mass is 338 g/mol. The van der Waals surface area contributed by atoms with Crippen molar-refractivity contribution in [3.05, 3.63) is 59.7 Å². The van der Waals surface area contributed by atoms with Gasteiger partial charge in [0.15, 0.2) is 0 Å². The fourth-order valence-corrected chi connectivity index (χ4v) is 3.26. The normalized spacial score (nSPS) is 14.8. The topological polar surface area (TPSA) is 78.4 Å². The lowest BCUT2D eigenvalue weighted by Crippen LogP contribution is -2.36. The predicted octanol–water partition coefficient (Wildman–Crippen LogP) is 3.54. The number of amides is 2. The van der Waals surface area contributed by atoms with E-state index in [0.29, 0.717) is 11.1 Å². The summed E-state index contributed by atoms with van der Waals surface area (Å²) >= 11 is 0. The van der Waals surface area contributed by atoms with E-state index < -0.39 is 5.91 Å². The van der Waals surface area contributed by atoms with E-state index in [-0.39, 0.29) is 11.9 Å². The summed E-state index contributed by atoms with van der Waals surface area (Å²) in [4.78, 5) is 24.1. The zero-order valence-corrected chi connectivity index (χ0v) is 14.0. The van der Waals surface area contributed by atoms with Gasteiger partial charge in [0.1, 0.15) is 0 Å². The average Bonchev–Trinajstić information content (AvgIpc) is 2.68. The van der Waals surface area contributed by atoms with Gasteiger partial charge in [-0.3, -0.25) is 14.8 Å². The van der Waals surface area contributed by atoms with Crippen LogP contribution < -0.4 is 10.8 Å². The molecule has 0 aliphatic heterocycles. The van der Waals surface area contributed by atoms with Crippen LogP contribution in [0.4, 0.5) is 0 Å². The molecule has 130 valence electrons. The number of benzene rings is 2. The minimum absolute atomic E-state index is 0.0574. The highest BCUT2D eigenvalue weighted by atomic mass is 16.5. The average molecular weight is 338 g/mol. The number of nitrogens with one attached hydrogen (secondary N) is 2. The zero-order chi connectivity index (χ0) is 17.6. The molecule has 0 bridgehead atoms. The van der Waals surface area contributed by atoms with Gasteiger partial charge in [-0.25, -0.2) is 5.48 Å². The van der Waals surface area contributed by atoms with E-state index in [1.807, 2.05) is 24.3 Å². The fraction of sp³-hybridized carbons (Fsp3) is 0.300. The van der Waals surface area contributed by atoms with Gasteiger partial charge in [0.05, 0.1) is 0 Å². The summed E-state index contributed by atoms with van der Waals surface area (Å²) in [5.41, 5.74) is 4.27. The fourth-order valence-electron chi connectivity index (χ4n) is 3.26. The standard InChI is InChI=1S/C20H22N2O3/c23-19(21-18-10-2-1-3-11-18)16-8-4-6-14(12-16)15-7-5-9-17(13-15)20(24)22-25/h4-9,12-13,18,25H,1-3,10-11H2,(H,21,23)(H,22,24). The highest BCUT2D eigenvalue weighted by Crippen LogP contribution is 2.23. The molecule has 2 amide bonds. The SMILES string of the molecule is O=C(NO)c1cccc(-c2cccc(C(=O)NC3CCCCC3)c2)c1. The molecule has 0 spiro atoms. The molecule has 0 atom stereocenters. The van der Waals surface area contributed by atoms with E-state index in [1.54, 1.807) is 29.7 Å². The van der Waals surface area contributed by atoms with Crippen molar-refractivity contribution in [2.45, 2.75) is 38.1 Å². The van der Waals surface area contributed by atoms with E-state index in [9.17, 15) is 9.59 Å². The molecule has 0 unspecified atom stereocenters. The third-order valence-corrected chi connectivity index (χ3v) is 4.62. The number of hydrogen-bond acceptors (Lipinski definition) is 3. The Bertz CT molecular complexity index is 767. The van der Waals surface area contributed by atoms with Gasteiger partial charge >= 0.3 is 0 Å². The van der Waals surface area contributed by atoms with Crippen LogP contribution in [0.2, 0.25) is 0 Å². The van der Waals surface area contributed by atoms with E-state index in [1.165, 1.54) is 19.3 Å². The Labute approximate surface area is 147 Å². The second-order valence-corrected chi connectivity index (χ2v) is 6.41. The Balaban J connectivity index is 1.79. The molecule has 2 aromatic rings. The van der Waals surface area contributed by atoms with Crippen LogP contribution >= 0.6 is 0 Å². The molecule has 1 fully saturated rings. The van der Waals surface area contributed by atoms with Gasteiger partial charge < -0.3 is 5.32 Å². The van der Waals surface area contributed by atoms with Crippen LogP contribution in [0.1, 0.15) is 52.8 Å². The first-order valence-corrected chi connectivity index (χ1v) is 8.63. The maximum Gasteiger partial charge on any atom is 0.274 e. The first-order valence-electron chi connectivity index (χ1n) is 8.63. The minimum atomic E-state index is -0.562. The quantitative estimate of drug-likeness (QED) is 0.589. The molecule has 0 aromatic heterocycles. The summed E-state index contributed by atoms with van der Waals surface area (Å²) in [6, 6.07) is 14.5. The first-order chi connectivity index (χ1) is 12.2. The van der Waals surface area contributed by atoms with Gasteiger partial charge in [-0.2, -0.15) is 0 Å². The van der Waals surface area contributed by atoms with Crippen LogP contribution in [0.5, 0.6) is 0 Å². The molecule has 3 N–H and O–H groups in total. The second-order valence-electron chi connectivity index (χ2n) is 6.41. The summed E-state index contributed by atoms with van der Waals surface area (Å²) in [7, 11) is 0. The Kier molecular flexibility index (Phi) is 5.46. The van der Waals surface area contributed by atoms with Crippen LogP contribution in [0, 0.1) is 0 Å². The predicted molar refractivity (Wildman–Crippen MR) is 95.5 cm³/mol. The summed E-state index contributed by atoms with van der Waals surface area (Å²) in [5.74, 6) is -0.619. The van der Waals surface area contributed by atoms with Crippen molar-refractivity contribution >= 4 is 11.8 Å². The molecular formula is C20H22N2O3. The second kappa shape index (κ2) is 7.94. The molecule has 0 radical (unpaired) electrons. The van der Waals surface area contributed by atoms with Crippen LogP contribution in [-0.4, -0.2) is 23.1 Å². The summed E-state index contributed by atoms with van der Waals surface area (Å²) in [6.45, 7) is 0. The van der Waals surface area contributed by atoms with Crippen molar-refractivity contribution in [3.8, 4) is 11.1 Å². The van der Waals surface area contributed by atoms with Gasteiger partial charge in [0.25, 0.3) is 11.8 Å². The molecule has 1 saturated carbocycles. The van der Waals surface area contributed by atoms with Gasteiger partial charge in [0, 0.05) is 17.2 Å². The van der Waals surface area contributed by atoms with Crippen molar-refractivity contribution in [1.82, 2.24) is 10.8 Å². The van der Waals surface area contributed by atoms with Gasteiger partial charge in [0.2, 0.25) is 0 Å². The van der Waals surface area contributed by atoms with Crippen LogP contribution in [0.3, 0.4) is 0 Å². The van der Waals surface area contributed by atoms with Crippen molar-refractivity contribution in [1.29, 1.82) is 0 Å². The molecule has 1 aliphatic rings. The third-order valence-electron chi connectivity index (χ3n) is 4.62. The third kappa shape index (κ3) is 4.25. The largest absolute Gasteiger partial charge is 0.349 e. The molecule has 25 heavy (non-hydrogen) atoms. The lowest BCUT2D eigenvalue weighted by molar-refractivity contribution is 0.0706. The lowest BCUT2D eigenvalue weighted by atomic mass is 9.95. The highest BCUT2D eigenvalue weighted by molar-refractivity contribution is 5.97. The Hall–Kier alpha value is -2.66. The number of carbonyl (C=O) groups excluding carboxylic acids is 2. The Morgan fingerprint density at radius 1 is 0.840 bits per heavy atom. The zero-order valence-electron chi connectivity index (χ0n) is 14.0. The van der Waals surface area contributed by atoms with E-state index in [0.717, 1.165) is 24.0 Å². The summed E-state index contributed by atoms with van der Waals surface area (Å²) < 4.78 is 0. The summed E-state index contributed by atoms with van der Waals surface area (Å²) in [5, 5.41) is 11.9. The highest BCUT2D eigenvalue weighted by Gasteiger charge is 2.17. The summed E-state index contributed by atoms with van der Waals surface area (Å²) in [6.07, 6.45) is 5.68. The molecule has 0 heterocycles. The molecule has 1 aliphatic carbocycles. The van der Waals surface area contributed by atoms with Crippen molar-refractivity contribution < 1.29 is 14.8 Å². The maximum absolute atomic E-state index is 12.5. The number of hydroxylamine groups is 1. The molecule has 0 saturated heterocycles. The smallest absolute Gasteiger partial charge is 0.274 e. The molecule has 5 heteroatoms. The van der Waals surface area contributed by atoms with Crippen molar-refractivity contribution in [2.24, 2.45) is 0 Å². The van der Waals surface area contributed by atoms with Crippen LogP contribution in [-0.2, 0) is 0 Å². The number of hydrogen-bond donors (Lipinski definition) is 3.